The third-order valence-corrected chi connectivity index (χ3v) is 4.46. The molecule has 27 heavy (non-hydrogen) atoms. The van der Waals surface area contributed by atoms with E-state index in [1.165, 1.54) is 12.1 Å². The first-order chi connectivity index (χ1) is 12.9. The Balaban J connectivity index is 1.86. The normalized spacial score (nSPS) is 18.6. The van der Waals surface area contributed by atoms with Crippen molar-refractivity contribution in [3.63, 3.8) is 0 Å². The molecule has 0 saturated carbocycles. The summed E-state index contributed by atoms with van der Waals surface area (Å²) in [6, 6.07) is 6.45. The predicted octanol–water partition coefficient (Wildman–Crippen LogP) is 2.36. The summed E-state index contributed by atoms with van der Waals surface area (Å²) < 4.78 is 46.8. The molecular weight excluding hydrogens is 361 g/mol. The van der Waals surface area contributed by atoms with E-state index in [4.69, 9.17) is 4.74 Å². The maximum absolute atomic E-state index is 12.5. The van der Waals surface area contributed by atoms with Crippen LogP contribution in [0.5, 0.6) is 5.75 Å². The van der Waals surface area contributed by atoms with Gasteiger partial charge in [0.25, 0.3) is 0 Å². The van der Waals surface area contributed by atoms with E-state index < -0.39 is 6.36 Å². The summed E-state index contributed by atoms with van der Waals surface area (Å²) in [4.78, 5) is 6.51. The molecule has 0 bridgehead atoms. The highest BCUT2D eigenvalue weighted by molar-refractivity contribution is 5.79. The Bertz CT molecular complexity index is 611. The zero-order chi connectivity index (χ0) is 19.7. The molecule has 0 spiro atoms. The van der Waals surface area contributed by atoms with Gasteiger partial charge in [-0.3, -0.25) is 9.89 Å². The average Bonchev–Trinajstić information content (AvgIpc) is 3.07. The summed E-state index contributed by atoms with van der Waals surface area (Å²) in [5.74, 6) is 0.324. The highest BCUT2D eigenvalue weighted by Crippen LogP contribution is 2.26. The van der Waals surface area contributed by atoms with Crippen molar-refractivity contribution in [1.82, 2.24) is 15.5 Å². The largest absolute Gasteiger partial charge is 0.573 e. The second kappa shape index (κ2) is 10.4. The molecule has 152 valence electrons. The third-order valence-electron chi connectivity index (χ3n) is 4.46. The Kier molecular flexibility index (Phi) is 8.18. The summed E-state index contributed by atoms with van der Waals surface area (Å²) in [6.45, 7) is 3.51. The molecule has 1 saturated heterocycles. The van der Waals surface area contributed by atoms with Gasteiger partial charge in [-0.15, -0.1) is 13.2 Å². The van der Waals surface area contributed by atoms with E-state index in [0.29, 0.717) is 30.7 Å². The lowest BCUT2D eigenvalue weighted by Gasteiger charge is -2.25. The fourth-order valence-corrected chi connectivity index (χ4v) is 3.12. The Hall–Kier alpha value is -2.00. The van der Waals surface area contributed by atoms with Gasteiger partial charge in [0, 0.05) is 45.4 Å². The number of nitrogens with one attached hydrogen (secondary N) is 2. The molecule has 1 atom stereocenters. The SMILES string of the molecule is CN=C(NCc1ccccc1OC(F)(F)F)NCC1CCCN1CCOC. The Morgan fingerprint density at radius 2 is 2.07 bits per heavy atom. The maximum Gasteiger partial charge on any atom is 0.573 e. The lowest BCUT2D eigenvalue weighted by molar-refractivity contribution is -0.274. The third kappa shape index (κ3) is 7.26. The first kappa shape index (κ1) is 21.3. The molecule has 1 unspecified atom stereocenters. The maximum atomic E-state index is 12.5. The van der Waals surface area contributed by atoms with Crippen LogP contribution in [0.25, 0.3) is 0 Å². The lowest BCUT2D eigenvalue weighted by atomic mass is 10.2. The molecule has 0 radical (unpaired) electrons. The molecule has 1 aliphatic heterocycles. The van der Waals surface area contributed by atoms with Crippen molar-refractivity contribution in [3.8, 4) is 5.75 Å². The van der Waals surface area contributed by atoms with Gasteiger partial charge in [-0.05, 0) is 25.5 Å². The second-order valence-electron chi connectivity index (χ2n) is 6.29. The van der Waals surface area contributed by atoms with Crippen molar-refractivity contribution >= 4 is 5.96 Å². The first-order valence-electron chi connectivity index (χ1n) is 8.94. The first-order valence-corrected chi connectivity index (χ1v) is 8.94. The van der Waals surface area contributed by atoms with Gasteiger partial charge in [0.15, 0.2) is 5.96 Å². The number of hydrogen-bond acceptors (Lipinski definition) is 4. The predicted molar refractivity (Wildman–Crippen MR) is 97.8 cm³/mol. The Morgan fingerprint density at radius 3 is 2.78 bits per heavy atom. The molecule has 0 amide bonds. The van der Waals surface area contributed by atoms with Gasteiger partial charge >= 0.3 is 6.36 Å². The van der Waals surface area contributed by atoms with Gasteiger partial charge < -0.3 is 20.1 Å². The van der Waals surface area contributed by atoms with Crippen LogP contribution < -0.4 is 15.4 Å². The van der Waals surface area contributed by atoms with Crippen molar-refractivity contribution in [2.24, 2.45) is 4.99 Å². The van der Waals surface area contributed by atoms with Crippen molar-refractivity contribution in [2.45, 2.75) is 31.8 Å². The number of alkyl halides is 3. The summed E-state index contributed by atoms with van der Waals surface area (Å²) in [5.41, 5.74) is 0.403. The van der Waals surface area contributed by atoms with Crippen molar-refractivity contribution < 1.29 is 22.6 Å². The molecule has 6 nitrogen and oxygen atoms in total. The number of rotatable bonds is 8. The molecule has 2 rings (SSSR count). The topological polar surface area (TPSA) is 58.1 Å². The van der Waals surface area contributed by atoms with Crippen LogP contribution in [0.1, 0.15) is 18.4 Å². The number of nitrogens with zero attached hydrogens (tertiary/aromatic N) is 2. The highest BCUT2D eigenvalue weighted by Gasteiger charge is 2.32. The number of ether oxygens (including phenoxy) is 2. The summed E-state index contributed by atoms with van der Waals surface area (Å²) in [7, 11) is 3.32. The zero-order valence-corrected chi connectivity index (χ0v) is 15.7. The van der Waals surface area contributed by atoms with E-state index >= 15 is 0 Å². The van der Waals surface area contributed by atoms with Crippen LogP contribution in [0.15, 0.2) is 29.3 Å². The summed E-state index contributed by atoms with van der Waals surface area (Å²) in [5, 5.41) is 6.29. The van der Waals surface area contributed by atoms with Gasteiger partial charge in [0.05, 0.1) is 6.61 Å². The fourth-order valence-electron chi connectivity index (χ4n) is 3.12. The second-order valence-corrected chi connectivity index (χ2v) is 6.29. The standard InChI is InChI=1S/C18H27F3N4O2/c1-22-17(24-13-15-7-5-9-25(15)10-11-26-2)23-12-14-6-3-4-8-16(14)27-18(19,20)21/h3-4,6,8,15H,5,7,9-13H2,1-2H3,(H2,22,23,24). The number of likely N-dealkylation sites (tertiary alicyclic amines) is 1. The molecule has 1 aliphatic rings. The molecule has 2 N–H and O–H groups in total. The van der Waals surface area contributed by atoms with Crippen molar-refractivity contribution in [1.29, 1.82) is 0 Å². The molecule has 0 aromatic heterocycles. The minimum absolute atomic E-state index is 0.171. The zero-order valence-electron chi connectivity index (χ0n) is 15.7. The van der Waals surface area contributed by atoms with Gasteiger partial charge in [0.2, 0.25) is 0 Å². The van der Waals surface area contributed by atoms with E-state index in [-0.39, 0.29) is 12.3 Å². The van der Waals surface area contributed by atoms with E-state index in [0.717, 1.165) is 25.9 Å². The van der Waals surface area contributed by atoms with Gasteiger partial charge in [0.1, 0.15) is 5.75 Å². The van der Waals surface area contributed by atoms with E-state index in [2.05, 4.69) is 25.3 Å². The van der Waals surface area contributed by atoms with Crippen LogP contribution in [0.3, 0.4) is 0 Å². The molecule has 1 aromatic rings. The Labute approximate surface area is 157 Å². The minimum atomic E-state index is -4.72. The summed E-state index contributed by atoms with van der Waals surface area (Å²) in [6.07, 6.45) is -2.48. The fraction of sp³-hybridized carbons (Fsp3) is 0.611. The number of hydrogen-bond donors (Lipinski definition) is 2. The highest BCUT2D eigenvalue weighted by atomic mass is 19.4. The average molecular weight is 388 g/mol. The number of halogens is 3. The van der Waals surface area contributed by atoms with Crippen LogP contribution in [0, 0.1) is 0 Å². The number of methoxy groups -OCH3 is 1. The monoisotopic (exact) mass is 388 g/mol. The van der Waals surface area contributed by atoms with E-state index in [1.807, 2.05) is 0 Å². The van der Waals surface area contributed by atoms with Crippen LogP contribution in [0.4, 0.5) is 13.2 Å². The van der Waals surface area contributed by atoms with Gasteiger partial charge in [-0.25, -0.2) is 0 Å². The van der Waals surface area contributed by atoms with E-state index in [9.17, 15) is 13.2 Å². The van der Waals surface area contributed by atoms with Crippen molar-refractivity contribution in [3.05, 3.63) is 29.8 Å². The number of aliphatic imine (C=N–C) groups is 1. The quantitative estimate of drug-likeness (QED) is 0.529. The van der Waals surface area contributed by atoms with Crippen molar-refractivity contribution in [2.75, 3.05) is 40.4 Å². The summed E-state index contributed by atoms with van der Waals surface area (Å²) >= 11 is 0. The molecule has 0 aliphatic carbocycles. The number of para-hydroxylation sites is 1. The number of guanidine groups is 1. The Morgan fingerprint density at radius 1 is 1.30 bits per heavy atom. The molecule has 1 fully saturated rings. The van der Waals surface area contributed by atoms with Crippen LogP contribution >= 0.6 is 0 Å². The lowest BCUT2D eigenvalue weighted by Crippen LogP contribution is -2.45. The minimum Gasteiger partial charge on any atom is -0.405 e. The molecule has 9 heteroatoms. The van der Waals surface area contributed by atoms with Crippen LogP contribution in [-0.2, 0) is 11.3 Å². The molecule has 1 heterocycles. The van der Waals surface area contributed by atoms with Crippen LogP contribution in [-0.4, -0.2) is 63.7 Å². The molecule has 1 aromatic carbocycles. The van der Waals surface area contributed by atoms with Gasteiger partial charge in [-0.2, -0.15) is 0 Å². The van der Waals surface area contributed by atoms with Crippen LogP contribution in [0.2, 0.25) is 0 Å². The smallest absolute Gasteiger partial charge is 0.405 e. The number of benzene rings is 1. The molecular formula is C18H27F3N4O2. The van der Waals surface area contributed by atoms with Gasteiger partial charge in [-0.1, -0.05) is 18.2 Å². The van der Waals surface area contributed by atoms with E-state index in [1.54, 1.807) is 26.3 Å².